The zero-order chi connectivity index (χ0) is 31.0. The Morgan fingerprint density at radius 3 is 2.24 bits per heavy atom. The van der Waals surface area contributed by atoms with Crippen molar-refractivity contribution in [2.24, 2.45) is 0 Å². The fourth-order valence-electron chi connectivity index (χ4n) is 4.42. The Balaban J connectivity index is 2.13. The third kappa shape index (κ3) is 7.96. The number of benzene rings is 3. The highest BCUT2D eigenvalue weighted by Gasteiger charge is 2.35. The number of carbonyl (C=O) groups excluding carboxylic acids is 2. The molecule has 1 N–H and O–H groups in total. The molecule has 0 spiro atoms. The number of nitrogens with one attached hydrogen (secondary N) is 1. The summed E-state index contributed by atoms with van der Waals surface area (Å²) in [6, 6.07) is 17.0. The first-order valence-electron chi connectivity index (χ1n) is 13.7. The maximum atomic E-state index is 14.2. The summed E-state index contributed by atoms with van der Waals surface area (Å²) in [4.78, 5) is 29.1. The molecule has 0 aliphatic heterocycles. The summed E-state index contributed by atoms with van der Waals surface area (Å²) in [5.41, 5.74) is 1.62. The molecule has 2 amide bonds. The van der Waals surface area contributed by atoms with Gasteiger partial charge >= 0.3 is 0 Å². The summed E-state index contributed by atoms with van der Waals surface area (Å²) < 4.78 is 34.7. The van der Waals surface area contributed by atoms with E-state index in [0.717, 1.165) is 9.87 Å². The van der Waals surface area contributed by atoms with E-state index in [1.54, 1.807) is 61.5 Å². The lowest BCUT2D eigenvalue weighted by molar-refractivity contribution is -0.140. The minimum absolute atomic E-state index is 0.00628. The highest BCUT2D eigenvalue weighted by Crippen LogP contribution is 2.34. The zero-order valence-electron chi connectivity index (χ0n) is 24.4. The number of carbonyl (C=O) groups is 2. The third-order valence-electron chi connectivity index (χ3n) is 6.94. The number of sulfonamides is 1. The fraction of sp³-hybridized carbons (Fsp3) is 0.355. The molecule has 3 rings (SSSR count). The van der Waals surface area contributed by atoms with Crippen molar-refractivity contribution >= 4 is 50.7 Å². The van der Waals surface area contributed by atoms with Gasteiger partial charge in [0.2, 0.25) is 11.8 Å². The van der Waals surface area contributed by atoms with Crippen LogP contribution in [0.3, 0.4) is 0 Å². The van der Waals surface area contributed by atoms with E-state index in [-0.39, 0.29) is 34.8 Å². The van der Waals surface area contributed by atoms with E-state index in [1.807, 2.05) is 20.8 Å². The smallest absolute Gasteiger partial charge is 0.264 e. The largest absolute Gasteiger partial charge is 0.495 e. The van der Waals surface area contributed by atoms with Gasteiger partial charge in [0.05, 0.1) is 27.7 Å². The summed E-state index contributed by atoms with van der Waals surface area (Å²) >= 11 is 12.4. The molecule has 0 bridgehead atoms. The first kappa shape index (κ1) is 33.2. The minimum Gasteiger partial charge on any atom is -0.495 e. The molecule has 0 saturated carbocycles. The molecule has 3 aromatic rings. The van der Waals surface area contributed by atoms with Crippen LogP contribution in [0.4, 0.5) is 5.69 Å². The number of hydrogen-bond donors (Lipinski definition) is 1. The van der Waals surface area contributed by atoms with Crippen LogP contribution >= 0.6 is 23.2 Å². The summed E-state index contributed by atoms with van der Waals surface area (Å²) in [7, 11) is -2.79. The highest BCUT2D eigenvalue weighted by molar-refractivity contribution is 7.92. The number of halogens is 2. The van der Waals surface area contributed by atoms with Gasteiger partial charge in [0.1, 0.15) is 18.3 Å². The van der Waals surface area contributed by atoms with Crippen LogP contribution in [0.5, 0.6) is 5.75 Å². The second kappa shape index (κ2) is 14.8. The van der Waals surface area contributed by atoms with Crippen molar-refractivity contribution in [3.05, 3.63) is 87.9 Å². The van der Waals surface area contributed by atoms with E-state index in [0.29, 0.717) is 28.5 Å². The first-order chi connectivity index (χ1) is 19.9. The molecule has 0 radical (unpaired) electrons. The summed E-state index contributed by atoms with van der Waals surface area (Å²) in [5, 5.41) is 3.61. The molecule has 11 heteroatoms. The fourth-order valence-corrected chi connectivity index (χ4v) is 6.18. The van der Waals surface area contributed by atoms with Crippen LogP contribution < -0.4 is 14.4 Å². The monoisotopic (exact) mass is 633 g/mol. The van der Waals surface area contributed by atoms with Gasteiger partial charge in [0.25, 0.3) is 10.0 Å². The lowest BCUT2D eigenvalue weighted by Gasteiger charge is -2.34. The van der Waals surface area contributed by atoms with Gasteiger partial charge in [-0.05, 0) is 74.2 Å². The zero-order valence-corrected chi connectivity index (χ0v) is 26.8. The highest BCUT2D eigenvalue weighted by atomic mass is 35.5. The topological polar surface area (TPSA) is 96.0 Å². The Morgan fingerprint density at radius 1 is 0.952 bits per heavy atom. The summed E-state index contributed by atoms with van der Waals surface area (Å²) in [6.45, 7) is 6.89. The average molecular weight is 635 g/mol. The van der Waals surface area contributed by atoms with E-state index >= 15 is 0 Å². The third-order valence-corrected chi connectivity index (χ3v) is 9.45. The second-order valence-corrected chi connectivity index (χ2v) is 12.7. The van der Waals surface area contributed by atoms with Crippen LogP contribution in [0.15, 0.2) is 71.6 Å². The van der Waals surface area contributed by atoms with Gasteiger partial charge in [0, 0.05) is 12.6 Å². The number of aryl methyl sites for hydroxylation is 1. The average Bonchev–Trinajstić information content (AvgIpc) is 2.97. The standard InChI is InChI=1S/C31H37Cl2N3O5S/c1-6-22(4)34-31(38)27(7-2)35(19-23-14-15-25(32)26(33)18-23)30(37)20-36(28-17-21(3)13-16-29(28)41-5)42(39,40)24-11-9-8-10-12-24/h8-18,22,27H,6-7,19-20H2,1-5H3,(H,34,38)/t22-,27+/m1/s1. The first-order valence-corrected chi connectivity index (χ1v) is 15.9. The predicted molar refractivity (Wildman–Crippen MR) is 168 cm³/mol. The molecular weight excluding hydrogens is 597 g/mol. The molecule has 0 fully saturated rings. The molecule has 0 aromatic heterocycles. The number of rotatable bonds is 13. The number of ether oxygens (including phenoxy) is 1. The van der Waals surface area contributed by atoms with Gasteiger partial charge in [-0.25, -0.2) is 8.42 Å². The van der Waals surface area contributed by atoms with Gasteiger partial charge in [-0.3, -0.25) is 13.9 Å². The molecule has 2 atom stereocenters. The number of nitrogens with zero attached hydrogens (tertiary/aromatic N) is 2. The van der Waals surface area contributed by atoms with E-state index in [2.05, 4.69) is 5.32 Å². The Bertz CT molecular complexity index is 1500. The van der Waals surface area contributed by atoms with Crippen molar-refractivity contribution in [3.8, 4) is 5.75 Å². The van der Waals surface area contributed by atoms with Crippen LogP contribution in [0.2, 0.25) is 10.0 Å². The van der Waals surface area contributed by atoms with Gasteiger partial charge < -0.3 is 15.0 Å². The summed E-state index contributed by atoms with van der Waals surface area (Å²) in [5.74, 6) is -0.619. The Kier molecular flexibility index (Phi) is 11.7. The van der Waals surface area contributed by atoms with Gasteiger partial charge in [-0.1, -0.05) is 67.4 Å². The Morgan fingerprint density at radius 2 is 1.64 bits per heavy atom. The Hall–Kier alpha value is -3.27. The van der Waals surface area contributed by atoms with Crippen molar-refractivity contribution in [2.75, 3.05) is 18.0 Å². The molecule has 0 unspecified atom stereocenters. The Labute approximate surface area is 258 Å². The van der Waals surface area contributed by atoms with Crippen molar-refractivity contribution in [2.45, 2.75) is 64.1 Å². The van der Waals surface area contributed by atoms with Crippen LogP contribution in [0.1, 0.15) is 44.7 Å². The van der Waals surface area contributed by atoms with Crippen molar-refractivity contribution in [1.29, 1.82) is 0 Å². The number of methoxy groups -OCH3 is 1. The molecule has 42 heavy (non-hydrogen) atoms. The van der Waals surface area contributed by atoms with Crippen LogP contribution in [0.25, 0.3) is 0 Å². The van der Waals surface area contributed by atoms with Crippen LogP contribution in [-0.2, 0) is 26.2 Å². The van der Waals surface area contributed by atoms with Crippen LogP contribution in [-0.4, -0.2) is 50.9 Å². The quantitative estimate of drug-likeness (QED) is 0.241. The lowest BCUT2D eigenvalue weighted by Crippen LogP contribution is -2.53. The molecule has 8 nitrogen and oxygen atoms in total. The van der Waals surface area contributed by atoms with Crippen molar-refractivity contribution in [1.82, 2.24) is 10.2 Å². The maximum Gasteiger partial charge on any atom is 0.264 e. The SMILES string of the molecule is CC[C@@H](C)NC(=O)[C@H](CC)N(Cc1ccc(Cl)c(Cl)c1)C(=O)CN(c1cc(C)ccc1OC)S(=O)(=O)c1ccccc1. The predicted octanol–water partition coefficient (Wildman–Crippen LogP) is 6.23. The molecule has 3 aromatic carbocycles. The molecule has 0 aliphatic rings. The second-order valence-electron chi connectivity index (χ2n) is 10.0. The number of anilines is 1. The van der Waals surface area contributed by atoms with Gasteiger partial charge in [-0.15, -0.1) is 0 Å². The summed E-state index contributed by atoms with van der Waals surface area (Å²) in [6.07, 6.45) is 1.01. The van der Waals surface area contributed by atoms with E-state index in [9.17, 15) is 18.0 Å². The number of amides is 2. The lowest BCUT2D eigenvalue weighted by atomic mass is 10.1. The molecular formula is C31H37Cl2N3O5S. The minimum atomic E-state index is -4.23. The van der Waals surface area contributed by atoms with E-state index in [4.69, 9.17) is 27.9 Å². The molecule has 226 valence electrons. The number of hydrogen-bond acceptors (Lipinski definition) is 5. The molecule has 0 aliphatic carbocycles. The molecule has 0 heterocycles. The van der Waals surface area contributed by atoms with Gasteiger partial charge in [0.15, 0.2) is 0 Å². The van der Waals surface area contributed by atoms with E-state index in [1.165, 1.54) is 24.1 Å². The van der Waals surface area contributed by atoms with Crippen molar-refractivity contribution < 1.29 is 22.7 Å². The maximum absolute atomic E-state index is 14.2. The van der Waals surface area contributed by atoms with Crippen LogP contribution in [0, 0.1) is 6.92 Å². The molecule has 0 saturated heterocycles. The van der Waals surface area contributed by atoms with Gasteiger partial charge in [-0.2, -0.15) is 0 Å². The van der Waals surface area contributed by atoms with Crippen molar-refractivity contribution in [3.63, 3.8) is 0 Å². The van der Waals surface area contributed by atoms with E-state index < -0.39 is 28.5 Å². The normalized spacial score (nSPS) is 12.7.